The molecule has 12 nitrogen and oxygen atoms in total. The number of nitrogens with zero attached hydrogens (tertiary/aromatic N) is 5. The molecule has 1 fully saturated rings. The molecule has 1 saturated heterocycles. The average molecular weight is 556 g/mol. The Morgan fingerprint density at radius 1 is 1.27 bits per heavy atom. The van der Waals surface area contributed by atoms with Crippen molar-refractivity contribution in [3.63, 3.8) is 0 Å². The summed E-state index contributed by atoms with van der Waals surface area (Å²) in [4.78, 5) is 50.3. The van der Waals surface area contributed by atoms with Crippen LogP contribution in [0.5, 0.6) is 5.88 Å². The molecule has 214 valence electrons. The van der Waals surface area contributed by atoms with Gasteiger partial charge in [0.2, 0.25) is 5.91 Å². The third kappa shape index (κ3) is 5.99. The van der Waals surface area contributed by atoms with Crippen molar-refractivity contribution < 1.29 is 28.2 Å². The topological polar surface area (TPSA) is 129 Å². The van der Waals surface area contributed by atoms with Gasteiger partial charge in [0, 0.05) is 18.8 Å². The van der Waals surface area contributed by atoms with E-state index in [0.717, 1.165) is 18.5 Å². The van der Waals surface area contributed by atoms with E-state index in [1.807, 2.05) is 27.2 Å². The Kier molecular flexibility index (Phi) is 7.86. The highest BCUT2D eigenvalue weighted by atomic mass is 19.1. The average Bonchev–Trinajstić information content (AvgIpc) is 3.49. The van der Waals surface area contributed by atoms with E-state index >= 15 is 0 Å². The molecule has 3 amide bonds. The summed E-state index contributed by atoms with van der Waals surface area (Å²) < 4.78 is 25.6. The van der Waals surface area contributed by atoms with Crippen LogP contribution in [0.25, 0.3) is 0 Å². The van der Waals surface area contributed by atoms with Crippen LogP contribution in [0.4, 0.5) is 26.5 Å². The van der Waals surface area contributed by atoms with E-state index in [1.165, 1.54) is 17.2 Å². The predicted molar refractivity (Wildman–Crippen MR) is 145 cm³/mol. The number of carbonyl (C=O) groups is 3. The highest BCUT2D eigenvalue weighted by molar-refractivity contribution is 5.95. The molecule has 0 radical (unpaired) electrons. The van der Waals surface area contributed by atoms with Gasteiger partial charge >= 0.3 is 6.09 Å². The smallest absolute Gasteiger partial charge is 0.415 e. The fraction of sp³-hybridized carbons (Fsp3) is 0.519. The number of amides is 3. The first kappa shape index (κ1) is 27.7. The molecule has 1 aromatic carbocycles. The number of aromatic nitrogens is 2. The van der Waals surface area contributed by atoms with E-state index in [4.69, 9.17) is 9.47 Å². The highest BCUT2D eigenvalue weighted by Gasteiger charge is 2.35. The summed E-state index contributed by atoms with van der Waals surface area (Å²) in [5.41, 5.74) is 2.12. The van der Waals surface area contributed by atoms with Crippen molar-refractivity contribution in [1.29, 1.82) is 0 Å². The lowest BCUT2D eigenvalue weighted by Gasteiger charge is -2.22. The summed E-state index contributed by atoms with van der Waals surface area (Å²) in [6.07, 6.45) is 2.56. The predicted octanol–water partition coefficient (Wildman–Crippen LogP) is 1.90. The zero-order chi connectivity index (χ0) is 28.6. The summed E-state index contributed by atoms with van der Waals surface area (Å²) in [6, 6.07) is 2.96. The van der Waals surface area contributed by atoms with Crippen LogP contribution >= 0.6 is 0 Å². The molecule has 3 heterocycles. The third-order valence-corrected chi connectivity index (χ3v) is 7.59. The number of fused-ring (bicyclic) bond motifs is 2. The molecule has 0 bridgehead atoms. The largest absolute Gasteiger partial charge is 0.465 e. The normalized spacial score (nSPS) is 20.6. The number of ether oxygens (including phenoxy) is 2. The first-order valence-electron chi connectivity index (χ1n) is 13.3. The van der Waals surface area contributed by atoms with Crippen LogP contribution in [0.15, 0.2) is 18.3 Å². The number of hydrogen-bond acceptors (Lipinski definition) is 9. The fourth-order valence-electron chi connectivity index (χ4n) is 5.20. The Morgan fingerprint density at radius 2 is 2.08 bits per heavy atom. The minimum absolute atomic E-state index is 0.125. The maximum Gasteiger partial charge on any atom is 0.415 e. The molecule has 13 heteroatoms. The molecule has 2 aromatic rings. The number of cyclic esters (lactones) is 1. The Bertz CT molecular complexity index is 1320. The van der Waals surface area contributed by atoms with Gasteiger partial charge in [-0.15, -0.1) is 0 Å². The van der Waals surface area contributed by atoms with Crippen molar-refractivity contribution in [2.75, 3.05) is 62.9 Å². The van der Waals surface area contributed by atoms with Crippen LogP contribution in [0.3, 0.4) is 0 Å². The molecular formula is C27H34FN7O5. The van der Waals surface area contributed by atoms with Crippen LogP contribution < -0.4 is 20.3 Å². The summed E-state index contributed by atoms with van der Waals surface area (Å²) >= 11 is 0. The summed E-state index contributed by atoms with van der Waals surface area (Å²) in [5, 5.41) is 5.41. The molecule has 2 aliphatic heterocycles. The summed E-state index contributed by atoms with van der Waals surface area (Å²) in [7, 11) is 5.64. The number of anilines is 3. The van der Waals surface area contributed by atoms with Crippen molar-refractivity contribution in [2.45, 2.75) is 38.3 Å². The first-order chi connectivity index (χ1) is 19.1. The molecule has 3 atom stereocenters. The van der Waals surface area contributed by atoms with E-state index < -0.39 is 6.09 Å². The zero-order valence-electron chi connectivity index (χ0n) is 23.1. The van der Waals surface area contributed by atoms with Gasteiger partial charge in [-0.2, -0.15) is 0 Å². The fourth-order valence-corrected chi connectivity index (χ4v) is 5.20. The van der Waals surface area contributed by atoms with Crippen molar-refractivity contribution in [3.05, 3.63) is 35.3 Å². The molecule has 1 aromatic heterocycles. The lowest BCUT2D eigenvalue weighted by molar-refractivity contribution is -0.120. The molecule has 0 saturated carbocycles. The van der Waals surface area contributed by atoms with Gasteiger partial charge in [0.1, 0.15) is 11.9 Å². The van der Waals surface area contributed by atoms with Crippen LogP contribution in [0, 0.1) is 11.7 Å². The second kappa shape index (κ2) is 11.3. The number of hydrogen-bond donors (Lipinski definition) is 2. The minimum Gasteiger partial charge on any atom is -0.465 e. The van der Waals surface area contributed by atoms with Gasteiger partial charge in [-0.3, -0.25) is 19.4 Å². The lowest BCUT2D eigenvalue weighted by atomic mass is 10.1. The van der Waals surface area contributed by atoms with Gasteiger partial charge < -0.3 is 25.0 Å². The van der Waals surface area contributed by atoms with E-state index in [9.17, 15) is 18.8 Å². The van der Waals surface area contributed by atoms with E-state index in [1.54, 1.807) is 11.8 Å². The Hall–Kier alpha value is -3.84. The molecule has 5 rings (SSSR count). The number of likely N-dealkylation sites (N-methyl/N-ethyl adjacent to an activating group) is 1. The van der Waals surface area contributed by atoms with Crippen LogP contribution in [0.2, 0.25) is 0 Å². The SMILES string of the molecule is CC(C(=O)Nc1cc(F)c2c(c1)CC(CN(C)CCC1CN(c3cnc4c(n3)NC(=O)CO4)C(=O)O1)C2)N(C)C. The first-order valence-corrected chi connectivity index (χ1v) is 13.3. The maximum absolute atomic E-state index is 14.9. The molecule has 1 aliphatic carbocycles. The monoisotopic (exact) mass is 555 g/mol. The molecule has 40 heavy (non-hydrogen) atoms. The van der Waals surface area contributed by atoms with Crippen molar-refractivity contribution >= 4 is 35.2 Å². The Labute approximate surface area is 231 Å². The van der Waals surface area contributed by atoms with Gasteiger partial charge in [-0.25, -0.2) is 19.2 Å². The third-order valence-electron chi connectivity index (χ3n) is 7.59. The minimum atomic E-state index is -0.519. The van der Waals surface area contributed by atoms with Gasteiger partial charge in [0.25, 0.3) is 11.8 Å². The maximum atomic E-state index is 14.9. The van der Waals surface area contributed by atoms with E-state index in [-0.39, 0.29) is 59.8 Å². The number of nitrogens with one attached hydrogen (secondary N) is 2. The van der Waals surface area contributed by atoms with Crippen LogP contribution in [-0.4, -0.2) is 97.2 Å². The van der Waals surface area contributed by atoms with E-state index in [2.05, 4.69) is 25.5 Å². The second-order valence-corrected chi connectivity index (χ2v) is 10.9. The molecule has 0 spiro atoms. The summed E-state index contributed by atoms with van der Waals surface area (Å²) in [6.45, 7) is 3.43. The zero-order valence-corrected chi connectivity index (χ0v) is 23.1. The molecule has 2 N–H and O–H groups in total. The number of rotatable bonds is 9. The van der Waals surface area contributed by atoms with Gasteiger partial charge in [0.15, 0.2) is 18.2 Å². The van der Waals surface area contributed by atoms with Crippen molar-refractivity contribution in [3.8, 4) is 5.88 Å². The van der Waals surface area contributed by atoms with Gasteiger partial charge in [0.05, 0.1) is 18.8 Å². The second-order valence-electron chi connectivity index (χ2n) is 10.9. The molecule has 3 aliphatic rings. The van der Waals surface area contributed by atoms with Gasteiger partial charge in [-0.05, 0) is 76.5 Å². The number of carbonyl (C=O) groups excluding carboxylic acids is 3. The molecular weight excluding hydrogens is 521 g/mol. The Balaban J connectivity index is 1.11. The quantitative estimate of drug-likeness (QED) is 0.477. The van der Waals surface area contributed by atoms with Crippen LogP contribution in [-0.2, 0) is 27.2 Å². The lowest BCUT2D eigenvalue weighted by Crippen LogP contribution is -2.37. The van der Waals surface area contributed by atoms with Crippen molar-refractivity contribution in [2.24, 2.45) is 5.92 Å². The van der Waals surface area contributed by atoms with E-state index in [0.29, 0.717) is 37.2 Å². The van der Waals surface area contributed by atoms with Crippen LogP contribution in [0.1, 0.15) is 24.5 Å². The summed E-state index contributed by atoms with van der Waals surface area (Å²) in [5.74, 6) is 0.113. The Morgan fingerprint density at radius 3 is 2.85 bits per heavy atom. The van der Waals surface area contributed by atoms with Crippen molar-refractivity contribution in [1.82, 2.24) is 19.8 Å². The highest BCUT2D eigenvalue weighted by Crippen LogP contribution is 2.32. The standard InChI is InChI=1S/C27H34FN7O5/c1-15(33(2)3)25(37)30-18-9-17-7-16(8-20(17)21(28)10-18)12-34(4)6-5-19-13-35(27(38)40-19)22-11-29-26-24(31-22)32-23(36)14-39-26/h9-11,15-16,19H,5-8,12-14H2,1-4H3,(H,30,37)(H,31,32,36). The number of halogens is 1. The van der Waals surface area contributed by atoms with Gasteiger partial charge in [-0.1, -0.05) is 0 Å². The molecule has 3 unspecified atom stereocenters. The number of benzene rings is 1.